The predicted octanol–water partition coefficient (Wildman–Crippen LogP) is 6.56. The van der Waals surface area contributed by atoms with Crippen molar-refractivity contribution in [2.24, 2.45) is 4.99 Å². The van der Waals surface area contributed by atoms with Crippen molar-refractivity contribution in [3.63, 3.8) is 0 Å². The van der Waals surface area contributed by atoms with Crippen molar-refractivity contribution < 1.29 is 23.7 Å². The van der Waals surface area contributed by atoms with Gasteiger partial charge in [-0.2, -0.15) is 0 Å². The van der Waals surface area contributed by atoms with Crippen molar-refractivity contribution in [3.8, 4) is 17.2 Å². The molecular formula is C37H37ClN2O6S. The molecule has 0 aliphatic carbocycles. The Bertz CT molecular complexity index is 2010. The molecule has 1 atom stereocenters. The fraction of sp³-hybridized carbons (Fsp3) is 0.270. The number of carbonyl (C=O) groups excluding carboxylic acids is 1. The van der Waals surface area contributed by atoms with Crippen LogP contribution in [0.4, 0.5) is 0 Å². The molecule has 0 saturated heterocycles. The molecule has 1 aromatic heterocycles. The van der Waals surface area contributed by atoms with Gasteiger partial charge in [-0.05, 0) is 98.8 Å². The average Bonchev–Trinajstić information content (AvgIpc) is 3.34. The second-order valence-electron chi connectivity index (χ2n) is 11.2. The summed E-state index contributed by atoms with van der Waals surface area (Å²) in [6, 6.07) is 18.0. The van der Waals surface area contributed by atoms with Crippen LogP contribution in [0.5, 0.6) is 17.2 Å². The maximum Gasteiger partial charge on any atom is 0.338 e. The van der Waals surface area contributed by atoms with E-state index in [4.69, 9.17) is 35.5 Å². The zero-order chi connectivity index (χ0) is 33.7. The summed E-state index contributed by atoms with van der Waals surface area (Å²) in [6.07, 6.45) is 4.16. The summed E-state index contributed by atoms with van der Waals surface area (Å²) in [6.45, 7) is 11.8. The van der Waals surface area contributed by atoms with Crippen molar-refractivity contribution in [2.45, 2.75) is 52.9 Å². The molecule has 4 aromatic rings. The number of ether oxygens (including phenoxy) is 4. The van der Waals surface area contributed by atoms with Crippen LogP contribution in [0, 0.1) is 0 Å². The van der Waals surface area contributed by atoms with Gasteiger partial charge in [-0.1, -0.05) is 53.3 Å². The van der Waals surface area contributed by atoms with Gasteiger partial charge in [0.15, 0.2) is 16.3 Å². The quantitative estimate of drug-likeness (QED) is 0.125. The third kappa shape index (κ3) is 7.53. The number of hydrogen-bond acceptors (Lipinski definition) is 8. The molecule has 0 saturated carbocycles. The van der Waals surface area contributed by atoms with Gasteiger partial charge in [0.1, 0.15) is 12.4 Å². The van der Waals surface area contributed by atoms with Crippen molar-refractivity contribution in [1.29, 1.82) is 0 Å². The third-order valence-corrected chi connectivity index (χ3v) is 8.67. The van der Waals surface area contributed by atoms with Gasteiger partial charge in [0.05, 0.1) is 41.7 Å². The van der Waals surface area contributed by atoms with E-state index in [1.54, 1.807) is 37.7 Å². The lowest BCUT2D eigenvalue weighted by molar-refractivity contribution is -0.139. The second-order valence-corrected chi connectivity index (χ2v) is 12.6. The van der Waals surface area contributed by atoms with Gasteiger partial charge in [0.2, 0.25) is 0 Å². The molecule has 1 aliphatic rings. The summed E-state index contributed by atoms with van der Waals surface area (Å²) >= 11 is 7.28. The summed E-state index contributed by atoms with van der Waals surface area (Å²) in [7, 11) is 1.56. The summed E-state index contributed by atoms with van der Waals surface area (Å²) in [5.41, 5.74) is 3.92. The Hall–Kier alpha value is -4.60. The summed E-state index contributed by atoms with van der Waals surface area (Å²) in [5.74, 6) is 1.25. The average molecular weight is 673 g/mol. The molecule has 5 rings (SSSR count). The second kappa shape index (κ2) is 14.9. The number of hydrogen-bond donors (Lipinski definition) is 0. The van der Waals surface area contributed by atoms with Crippen molar-refractivity contribution in [3.05, 3.63) is 132 Å². The first-order valence-electron chi connectivity index (χ1n) is 15.3. The molecule has 0 radical (unpaired) electrons. The van der Waals surface area contributed by atoms with Crippen LogP contribution in [-0.4, -0.2) is 30.4 Å². The SMILES string of the molecule is C=CCc1cc(/C=c2\sc3n(c2=O)[C@@H](c2ccc(OC(C)C)c(OC)c2)C(C(=O)OCC)=C(C)N=3)ccc1OCc1ccc(Cl)cc1. The largest absolute Gasteiger partial charge is 0.493 e. The highest BCUT2D eigenvalue weighted by atomic mass is 35.5. The number of nitrogens with zero attached hydrogens (tertiary/aromatic N) is 2. The zero-order valence-electron chi connectivity index (χ0n) is 27.0. The molecule has 0 amide bonds. The molecule has 0 spiro atoms. The molecule has 8 nitrogen and oxygen atoms in total. The van der Waals surface area contributed by atoms with Gasteiger partial charge in [-0.3, -0.25) is 9.36 Å². The number of benzene rings is 3. The molecule has 0 unspecified atom stereocenters. The Kier molecular flexibility index (Phi) is 10.7. The van der Waals surface area contributed by atoms with Gasteiger partial charge in [0.25, 0.3) is 5.56 Å². The first kappa shape index (κ1) is 33.8. The van der Waals surface area contributed by atoms with Crippen LogP contribution in [0.15, 0.2) is 94.4 Å². The lowest BCUT2D eigenvalue weighted by Gasteiger charge is -2.25. The molecule has 3 aromatic carbocycles. The van der Waals surface area contributed by atoms with E-state index in [0.29, 0.717) is 55.7 Å². The van der Waals surface area contributed by atoms with Gasteiger partial charge >= 0.3 is 5.97 Å². The van der Waals surface area contributed by atoms with Crippen LogP contribution >= 0.6 is 22.9 Å². The highest BCUT2D eigenvalue weighted by Crippen LogP contribution is 2.36. The van der Waals surface area contributed by atoms with Crippen LogP contribution in [0.25, 0.3) is 6.08 Å². The third-order valence-electron chi connectivity index (χ3n) is 7.44. The van der Waals surface area contributed by atoms with Crippen LogP contribution in [0.1, 0.15) is 56.0 Å². The number of halogens is 1. The smallest absolute Gasteiger partial charge is 0.338 e. The minimum atomic E-state index is -0.783. The van der Waals surface area contributed by atoms with E-state index in [9.17, 15) is 9.59 Å². The van der Waals surface area contributed by atoms with E-state index in [1.807, 2.05) is 74.5 Å². The highest BCUT2D eigenvalue weighted by Gasteiger charge is 2.34. The lowest BCUT2D eigenvalue weighted by Crippen LogP contribution is -2.40. The van der Waals surface area contributed by atoms with E-state index < -0.39 is 12.0 Å². The van der Waals surface area contributed by atoms with Crippen LogP contribution < -0.4 is 29.1 Å². The van der Waals surface area contributed by atoms with Gasteiger partial charge in [-0.15, -0.1) is 6.58 Å². The van der Waals surface area contributed by atoms with E-state index in [0.717, 1.165) is 22.4 Å². The minimum Gasteiger partial charge on any atom is -0.493 e. The topological polar surface area (TPSA) is 88.4 Å². The predicted molar refractivity (Wildman–Crippen MR) is 185 cm³/mol. The number of aromatic nitrogens is 1. The summed E-state index contributed by atoms with van der Waals surface area (Å²) < 4.78 is 25.2. The molecule has 0 fully saturated rings. The molecular weight excluding hydrogens is 636 g/mol. The Morgan fingerprint density at radius 3 is 2.51 bits per heavy atom. The Morgan fingerprint density at radius 2 is 1.83 bits per heavy atom. The van der Waals surface area contributed by atoms with Crippen LogP contribution in [0.2, 0.25) is 5.02 Å². The standard InChI is InChI=1S/C37H37ClN2O6S/c1-7-9-26-18-25(12-16-29(26)45-21-24-10-14-28(38)15-11-24)19-32-35(41)40-34(27-13-17-30(46-22(3)4)31(20-27)43-6)33(36(42)44-8-2)23(5)39-37(40)47-32/h7,10-20,22,34H,1,8-9,21H2,2-6H3/b32-19-/t34-/m0/s1. The molecule has 0 N–H and O–H groups in total. The maximum atomic E-state index is 14.2. The van der Waals surface area contributed by atoms with E-state index in [2.05, 4.69) is 6.58 Å². The van der Waals surface area contributed by atoms with Gasteiger partial charge in [-0.25, -0.2) is 9.79 Å². The lowest BCUT2D eigenvalue weighted by atomic mass is 9.95. The summed E-state index contributed by atoms with van der Waals surface area (Å²) in [5, 5.41) is 0.670. The van der Waals surface area contributed by atoms with Gasteiger partial charge < -0.3 is 18.9 Å². The molecule has 2 heterocycles. The minimum absolute atomic E-state index is 0.0687. The number of carbonyl (C=O) groups is 1. The number of thiazole rings is 1. The number of fused-ring (bicyclic) bond motifs is 1. The number of methoxy groups -OCH3 is 1. The first-order valence-corrected chi connectivity index (χ1v) is 16.5. The Balaban J connectivity index is 1.58. The highest BCUT2D eigenvalue weighted by molar-refractivity contribution is 7.07. The normalized spacial score (nSPS) is 14.4. The summed E-state index contributed by atoms with van der Waals surface area (Å²) in [4.78, 5) is 32.7. The van der Waals surface area contributed by atoms with Crippen molar-refractivity contribution in [1.82, 2.24) is 4.57 Å². The van der Waals surface area contributed by atoms with Crippen molar-refractivity contribution in [2.75, 3.05) is 13.7 Å². The molecule has 244 valence electrons. The number of allylic oxidation sites excluding steroid dienone is 2. The molecule has 0 bridgehead atoms. The molecule has 47 heavy (non-hydrogen) atoms. The van der Waals surface area contributed by atoms with E-state index >= 15 is 0 Å². The number of rotatable bonds is 12. The van der Waals surface area contributed by atoms with Crippen LogP contribution in [0.3, 0.4) is 0 Å². The van der Waals surface area contributed by atoms with Gasteiger partial charge in [0, 0.05) is 5.02 Å². The maximum absolute atomic E-state index is 14.2. The fourth-order valence-electron chi connectivity index (χ4n) is 5.35. The monoisotopic (exact) mass is 672 g/mol. The first-order chi connectivity index (χ1) is 22.6. The Morgan fingerprint density at radius 1 is 1.09 bits per heavy atom. The Labute approximate surface area is 282 Å². The van der Waals surface area contributed by atoms with E-state index in [1.165, 1.54) is 11.3 Å². The van der Waals surface area contributed by atoms with Crippen molar-refractivity contribution >= 4 is 35.0 Å². The molecule has 10 heteroatoms. The fourth-order valence-corrected chi connectivity index (χ4v) is 6.52. The zero-order valence-corrected chi connectivity index (χ0v) is 28.6. The number of esters is 1. The van der Waals surface area contributed by atoms with Crippen LogP contribution in [-0.2, 0) is 22.6 Å². The molecule has 1 aliphatic heterocycles. The van der Waals surface area contributed by atoms with E-state index in [-0.39, 0.29) is 18.3 Å².